The van der Waals surface area contributed by atoms with Crippen LogP contribution in [-0.2, 0) is 4.79 Å². The largest absolute Gasteiger partial charge is 0.294 e. The van der Waals surface area contributed by atoms with E-state index in [1.807, 2.05) is 30.3 Å². The van der Waals surface area contributed by atoms with Crippen molar-refractivity contribution in [2.45, 2.75) is 24.7 Å². The van der Waals surface area contributed by atoms with E-state index in [0.29, 0.717) is 5.75 Å². The number of nitrogens with one attached hydrogen (secondary N) is 1. The highest BCUT2D eigenvalue weighted by Gasteiger charge is 2.20. The van der Waals surface area contributed by atoms with Gasteiger partial charge in [-0.1, -0.05) is 48.0 Å². The van der Waals surface area contributed by atoms with E-state index in [4.69, 9.17) is 5.84 Å². The second-order valence-electron chi connectivity index (χ2n) is 5.05. The third kappa shape index (κ3) is 4.09. The van der Waals surface area contributed by atoms with Crippen LogP contribution in [0.3, 0.4) is 0 Å². The molecule has 0 saturated heterocycles. The lowest BCUT2D eigenvalue weighted by atomic mass is 10.0. The van der Waals surface area contributed by atoms with Crippen molar-refractivity contribution >= 4 is 17.7 Å². The third-order valence-corrected chi connectivity index (χ3v) is 4.67. The first kappa shape index (κ1) is 15.6. The van der Waals surface area contributed by atoms with Gasteiger partial charge in [0, 0.05) is 10.6 Å². The molecule has 0 fully saturated rings. The number of hydrogen-bond acceptors (Lipinski definition) is 3. The molecular weight excluding hydrogens is 280 g/mol. The predicted molar refractivity (Wildman–Crippen MR) is 88.2 cm³/mol. The molecule has 3 N–H and O–H groups in total. The number of rotatable bonds is 5. The molecule has 0 saturated carbocycles. The number of aryl methyl sites for hydroxylation is 2. The molecule has 0 aromatic heterocycles. The Balaban J connectivity index is 2.15. The number of hydrazine groups is 1. The zero-order valence-electron chi connectivity index (χ0n) is 12.3. The Morgan fingerprint density at radius 3 is 2.52 bits per heavy atom. The Morgan fingerprint density at radius 1 is 1.19 bits per heavy atom. The molecule has 0 heterocycles. The number of hydrogen-bond donors (Lipinski definition) is 2. The molecule has 21 heavy (non-hydrogen) atoms. The van der Waals surface area contributed by atoms with E-state index in [2.05, 4.69) is 37.5 Å². The van der Waals surface area contributed by atoms with Crippen molar-refractivity contribution in [3.8, 4) is 0 Å². The van der Waals surface area contributed by atoms with Gasteiger partial charge in [-0.15, -0.1) is 11.8 Å². The summed E-state index contributed by atoms with van der Waals surface area (Å²) in [5, 5.41) is 0. The summed E-state index contributed by atoms with van der Waals surface area (Å²) in [5.74, 6) is 5.58. The minimum atomic E-state index is -0.248. The second kappa shape index (κ2) is 7.29. The Hall–Kier alpha value is -1.78. The van der Waals surface area contributed by atoms with Crippen LogP contribution in [0.4, 0.5) is 0 Å². The zero-order valence-corrected chi connectivity index (χ0v) is 13.1. The minimum absolute atomic E-state index is 0.154. The number of benzene rings is 2. The van der Waals surface area contributed by atoms with Crippen molar-refractivity contribution in [1.82, 2.24) is 5.43 Å². The first-order valence-electron chi connectivity index (χ1n) is 6.87. The topological polar surface area (TPSA) is 55.1 Å². The maximum Gasteiger partial charge on any atom is 0.242 e. The quantitative estimate of drug-likeness (QED) is 0.386. The molecule has 3 nitrogen and oxygen atoms in total. The van der Waals surface area contributed by atoms with Crippen LogP contribution >= 0.6 is 11.8 Å². The van der Waals surface area contributed by atoms with Gasteiger partial charge in [0.1, 0.15) is 0 Å². The molecule has 0 aliphatic carbocycles. The summed E-state index contributed by atoms with van der Waals surface area (Å²) in [6.07, 6.45) is 0. The number of carbonyl (C=O) groups excluding carboxylic acids is 1. The molecular formula is C17H20N2OS. The van der Waals surface area contributed by atoms with Gasteiger partial charge < -0.3 is 0 Å². The summed E-state index contributed by atoms with van der Waals surface area (Å²) in [4.78, 5) is 13.2. The molecule has 1 unspecified atom stereocenters. The van der Waals surface area contributed by atoms with Gasteiger partial charge >= 0.3 is 0 Å². The molecule has 0 radical (unpaired) electrons. The van der Waals surface area contributed by atoms with E-state index in [1.54, 1.807) is 11.8 Å². The minimum Gasteiger partial charge on any atom is -0.294 e. The van der Waals surface area contributed by atoms with Crippen LogP contribution in [0.15, 0.2) is 53.4 Å². The highest BCUT2D eigenvalue weighted by Crippen LogP contribution is 2.29. The summed E-state index contributed by atoms with van der Waals surface area (Å²) in [6, 6.07) is 16.1. The van der Waals surface area contributed by atoms with Crippen molar-refractivity contribution < 1.29 is 4.79 Å². The normalized spacial score (nSPS) is 12.0. The first-order valence-corrected chi connectivity index (χ1v) is 7.86. The lowest BCUT2D eigenvalue weighted by Crippen LogP contribution is -2.35. The number of carbonyl (C=O) groups is 1. The molecule has 0 spiro atoms. The molecule has 1 atom stereocenters. The van der Waals surface area contributed by atoms with Crippen molar-refractivity contribution in [3.63, 3.8) is 0 Å². The van der Waals surface area contributed by atoms with Crippen molar-refractivity contribution in [3.05, 3.63) is 65.2 Å². The number of amides is 1. The summed E-state index contributed by atoms with van der Waals surface area (Å²) in [6.45, 7) is 4.17. The average Bonchev–Trinajstić information content (AvgIpc) is 2.50. The monoisotopic (exact) mass is 300 g/mol. The first-order chi connectivity index (χ1) is 10.1. The fraction of sp³-hybridized carbons (Fsp3) is 0.235. The molecule has 2 rings (SSSR count). The van der Waals surface area contributed by atoms with Crippen LogP contribution in [0, 0.1) is 13.8 Å². The second-order valence-corrected chi connectivity index (χ2v) is 6.11. The van der Waals surface area contributed by atoms with E-state index < -0.39 is 0 Å². The van der Waals surface area contributed by atoms with Crippen LogP contribution < -0.4 is 11.3 Å². The van der Waals surface area contributed by atoms with E-state index in [1.165, 1.54) is 16.0 Å². The highest BCUT2D eigenvalue weighted by molar-refractivity contribution is 7.99. The standard InChI is InChI=1S/C17H20N2OS/c1-12-8-9-16(13(2)10-12)21-11-15(17(20)19-18)14-6-4-3-5-7-14/h3-10,15H,11,18H2,1-2H3,(H,19,20). The Kier molecular flexibility index (Phi) is 5.42. The predicted octanol–water partition coefficient (Wildman–Crippen LogP) is 3.17. The molecule has 4 heteroatoms. The Bertz CT molecular complexity index is 613. The smallest absolute Gasteiger partial charge is 0.242 e. The van der Waals surface area contributed by atoms with Gasteiger partial charge in [0.05, 0.1) is 5.92 Å². The number of thioether (sulfide) groups is 1. The van der Waals surface area contributed by atoms with Gasteiger partial charge in [-0.3, -0.25) is 10.2 Å². The zero-order chi connectivity index (χ0) is 15.2. The molecule has 2 aromatic carbocycles. The van der Waals surface area contributed by atoms with Gasteiger partial charge in [0.2, 0.25) is 5.91 Å². The lowest BCUT2D eigenvalue weighted by molar-refractivity contribution is -0.122. The Labute approximate surface area is 129 Å². The van der Waals surface area contributed by atoms with E-state index >= 15 is 0 Å². The van der Waals surface area contributed by atoms with Crippen molar-refractivity contribution in [2.75, 3.05) is 5.75 Å². The van der Waals surface area contributed by atoms with E-state index in [9.17, 15) is 4.79 Å². The summed E-state index contributed by atoms with van der Waals surface area (Å²) in [5.41, 5.74) is 5.74. The number of nitrogens with two attached hydrogens (primary N) is 1. The van der Waals surface area contributed by atoms with Crippen LogP contribution in [0.2, 0.25) is 0 Å². The molecule has 110 valence electrons. The SMILES string of the molecule is Cc1ccc(SCC(C(=O)NN)c2ccccc2)c(C)c1. The van der Waals surface area contributed by atoms with E-state index in [-0.39, 0.29) is 11.8 Å². The lowest BCUT2D eigenvalue weighted by Gasteiger charge is -2.16. The maximum atomic E-state index is 12.0. The molecule has 2 aromatic rings. The Morgan fingerprint density at radius 2 is 1.90 bits per heavy atom. The summed E-state index contributed by atoms with van der Waals surface area (Å²) >= 11 is 1.69. The van der Waals surface area contributed by atoms with Crippen LogP contribution in [0.25, 0.3) is 0 Å². The average molecular weight is 300 g/mol. The summed E-state index contributed by atoms with van der Waals surface area (Å²) in [7, 11) is 0. The van der Waals surface area contributed by atoms with Gasteiger partial charge in [-0.2, -0.15) is 0 Å². The van der Waals surface area contributed by atoms with Crippen molar-refractivity contribution in [2.24, 2.45) is 5.84 Å². The maximum absolute atomic E-state index is 12.0. The van der Waals surface area contributed by atoms with Crippen LogP contribution in [-0.4, -0.2) is 11.7 Å². The van der Waals surface area contributed by atoms with E-state index in [0.717, 1.165) is 5.56 Å². The molecule has 1 amide bonds. The van der Waals surface area contributed by atoms with Gasteiger partial charge in [-0.25, -0.2) is 5.84 Å². The third-order valence-electron chi connectivity index (χ3n) is 3.40. The fourth-order valence-electron chi connectivity index (χ4n) is 2.24. The van der Waals surface area contributed by atoms with Crippen molar-refractivity contribution in [1.29, 1.82) is 0 Å². The van der Waals surface area contributed by atoms with Crippen LogP contribution in [0.1, 0.15) is 22.6 Å². The highest BCUT2D eigenvalue weighted by atomic mass is 32.2. The molecule has 0 aliphatic rings. The fourth-order valence-corrected chi connectivity index (χ4v) is 3.38. The van der Waals surface area contributed by atoms with Gasteiger partial charge in [-0.05, 0) is 31.0 Å². The van der Waals surface area contributed by atoms with Crippen LogP contribution in [0.5, 0.6) is 0 Å². The molecule has 0 bridgehead atoms. The van der Waals surface area contributed by atoms with Gasteiger partial charge in [0.25, 0.3) is 0 Å². The van der Waals surface area contributed by atoms with Gasteiger partial charge in [0.15, 0.2) is 0 Å². The summed E-state index contributed by atoms with van der Waals surface area (Å²) < 4.78 is 0. The molecule has 0 aliphatic heterocycles.